The molecule has 0 heterocycles. The molecule has 0 unspecified atom stereocenters. The van der Waals surface area contributed by atoms with E-state index in [9.17, 15) is 8.42 Å². The lowest BCUT2D eigenvalue weighted by Crippen LogP contribution is -2.35. The summed E-state index contributed by atoms with van der Waals surface area (Å²) in [6.07, 6.45) is 1.64. The molecule has 0 aliphatic carbocycles. The molecule has 0 amide bonds. The fourth-order valence-corrected chi connectivity index (χ4v) is 4.05. The van der Waals surface area contributed by atoms with Gasteiger partial charge >= 0.3 is 0 Å². The number of halogens is 1. The van der Waals surface area contributed by atoms with Gasteiger partial charge < -0.3 is 10.8 Å². The normalized spacial score (nSPS) is 12.1. The number of unbranched alkanes of at least 4 members (excludes halogenated alkanes) is 1. The Hall–Kier alpha value is -0.630. The first kappa shape index (κ1) is 17.4. The van der Waals surface area contributed by atoms with Gasteiger partial charge in [-0.05, 0) is 47.0 Å². The Morgan fingerprint density at radius 2 is 2.00 bits per heavy atom. The topological polar surface area (TPSA) is 83.6 Å². The van der Waals surface area contributed by atoms with Crippen molar-refractivity contribution in [3.8, 4) is 0 Å². The molecule has 0 bridgehead atoms. The Kier molecular flexibility index (Phi) is 6.44. The molecule has 1 rings (SSSR count). The van der Waals surface area contributed by atoms with Gasteiger partial charge in [0.15, 0.2) is 0 Å². The summed E-state index contributed by atoms with van der Waals surface area (Å²) in [5, 5.41) is 9.08. The largest absolute Gasteiger partial charge is 0.398 e. The maximum atomic E-state index is 12.7. The van der Waals surface area contributed by atoms with Crippen LogP contribution in [-0.2, 0) is 10.0 Å². The zero-order valence-corrected chi connectivity index (χ0v) is 14.2. The molecule has 0 radical (unpaired) electrons. The van der Waals surface area contributed by atoms with Crippen molar-refractivity contribution >= 4 is 31.6 Å². The first-order chi connectivity index (χ1) is 9.34. The molecular weight excluding hydrogens is 344 g/mol. The van der Waals surface area contributed by atoms with Gasteiger partial charge in [0.1, 0.15) is 0 Å². The monoisotopic (exact) mass is 364 g/mol. The van der Waals surface area contributed by atoms with Crippen LogP contribution in [0, 0.1) is 6.92 Å². The molecule has 0 fully saturated rings. The predicted molar refractivity (Wildman–Crippen MR) is 84.0 cm³/mol. The lowest BCUT2D eigenvalue weighted by Gasteiger charge is -2.22. The van der Waals surface area contributed by atoms with Crippen LogP contribution in [0.3, 0.4) is 0 Å². The van der Waals surface area contributed by atoms with Crippen LogP contribution in [0.2, 0.25) is 0 Å². The molecular formula is C13H21BrN2O3S. The zero-order valence-electron chi connectivity index (χ0n) is 11.8. The highest BCUT2D eigenvalue weighted by Crippen LogP contribution is 2.28. The first-order valence-electron chi connectivity index (χ1n) is 6.51. The molecule has 5 nitrogen and oxygen atoms in total. The van der Waals surface area contributed by atoms with E-state index in [1.165, 1.54) is 10.4 Å². The number of aliphatic hydroxyl groups excluding tert-OH is 1. The molecule has 7 heteroatoms. The van der Waals surface area contributed by atoms with Crippen LogP contribution in [0.15, 0.2) is 21.5 Å². The summed E-state index contributed by atoms with van der Waals surface area (Å²) in [5.41, 5.74) is 6.79. The summed E-state index contributed by atoms with van der Waals surface area (Å²) in [6.45, 7) is 4.02. The van der Waals surface area contributed by atoms with Crippen molar-refractivity contribution in [2.75, 3.05) is 25.4 Å². The Morgan fingerprint density at radius 1 is 1.35 bits per heavy atom. The number of aliphatic hydroxyl groups is 1. The Balaban J connectivity index is 3.22. The van der Waals surface area contributed by atoms with E-state index in [2.05, 4.69) is 15.9 Å². The number of rotatable bonds is 7. The summed E-state index contributed by atoms with van der Waals surface area (Å²) in [7, 11) is -3.63. The second kappa shape index (κ2) is 7.40. The van der Waals surface area contributed by atoms with Gasteiger partial charge in [-0.25, -0.2) is 8.42 Å². The van der Waals surface area contributed by atoms with Gasteiger partial charge in [-0.2, -0.15) is 4.31 Å². The highest BCUT2D eigenvalue weighted by molar-refractivity contribution is 9.10. The summed E-state index contributed by atoms with van der Waals surface area (Å²) in [5.74, 6) is 0. The number of benzene rings is 1. The molecule has 1 aromatic carbocycles. The van der Waals surface area contributed by atoms with E-state index in [0.29, 0.717) is 22.3 Å². The van der Waals surface area contributed by atoms with Crippen LogP contribution < -0.4 is 5.73 Å². The summed E-state index contributed by atoms with van der Waals surface area (Å²) >= 11 is 3.28. The lowest BCUT2D eigenvalue weighted by atomic mass is 10.2. The zero-order chi connectivity index (χ0) is 15.3. The third kappa shape index (κ3) is 3.94. The number of nitrogens with zero attached hydrogens (tertiary/aromatic N) is 1. The average molecular weight is 365 g/mol. The SMILES string of the molecule is CCCCN(CCO)S(=O)(=O)c1cc(N)c(Br)cc1C. The Morgan fingerprint density at radius 3 is 2.55 bits per heavy atom. The van der Waals surface area contributed by atoms with Gasteiger partial charge in [0.05, 0.1) is 11.5 Å². The van der Waals surface area contributed by atoms with Gasteiger partial charge in [0.25, 0.3) is 0 Å². The van der Waals surface area contributed by atoms with E-state index in [-0.39, 0.29) is 18.0 Å². The van der Waals surface area contributed by atoms with E-state index < -0.39 is 10.0 Å². The molecule has 20 heavy (non-hydrogen) atoms. The quantitative estimate of drug-likeness (QED) is 0.725. The molecule has 0 saturated heterocycles. The van der Waals surface area contributed by atoms with Crippen molar-refractivity contribution < 1.29 is 13.5 Å². The lowest BCUT2D eigenvalue weighted by molar-refractivity contribution is 0.252. The molecule has 3 N–H and O–H groups in total. The minimum atomic E-state index is -3.63. The number of sulfonamides is 1. The van der Waals surface area contributed by atoms with E-state index in [1.807, 2.05) is 6.92 Å². The first-order valence-corrected chi connectivity index (χ1v) is 8.74. The van der Waals surface area contributed by atoms with Crippen molar-refractivity contribution in [1.82, 2.24) is 4.31 Å². The smallest absolute Gasteiger partial charge is 0.243 e. The van der Waals surface area contributed by atoms with Crippen LogP contribution in [0.4, 0.5) is 5.69 Å². The van der Waals surface area contributed by atoms with Crippen LogP contribution >= 0.6 is 15.9 Å². The number of hydrogen-bond acceptors (Lipinski definition) is 4. The van der Waals surface area contributed by atoms with Crippen LogP contribution in [0.1, 0.15) is 25.3 Å². The minimum Gasteiger partial charge on any atom is -0.398 e. The fraction of sp³-hybridized carbons (Fsp3) is 0.538. The summed E-state index contributed by atoms with van der Waals surface area (Å²) in [6, 6.07) is 3.16. The molecule has 0 atom stereocenters. The summed E-state index contributed by atoms with van der Waals surface area (Å²) < 4.78 is 27.3. The number of anilines is 1. The van der Waals surface area contributed by atoms with Crippen LogP contribution in [0.25, 0.3) is 0 Å². The molecule has 0 aliphatic rings. The van der Waals surface area contributed by atoms with Crippen LogP contribution in [-0.4, -0.2) is 37.5 Å². The second-order valence-electron chi connectivity index (χ2n) is 4.62. The van der Waals surface area contributed by atoms with Crippen molar-refractivity contribution in [2.45, 2.75) is 31.6 Å². The Labute approximate surface area is 129 Å². The molecule has 0 spiro atoms. The van der Waals surface area contributed by atoms with Gasteiger partial charge in [-0.1, -0.05) is 13.3 Å². The third-order valence-electron chi connectivity index (χ3n) is 3.02. The summed E-state index contributed by atoms with van der Waals surface area (Å²) in [4.78, 5) is 0.197. The van der Waals surface area contributed by atoms with Crippen molar-refractivity contribution in [3.05, 3.63) is 22.2 Å². The van der Waals surface area contributed by atoms with Gasteiger partial charge in [0, 0.05) is 23.2 Å². The maximum absolute atomic E-state index is 12.7. The molecule has 0 saturated carbocycles. The highest BCUT2D eigenvalue weighted by atomic mass is 79.9. The predicted octanol–water partition coefficient (Wildman–Crippen LogP) is 2.12. The number of nitrogen functional groups attached to an aromatic ring is 1. The highest BCUT2D eigenvalue weighted by Gasteiger charge is 2.26. The number of hydrogen-bond donors (Lipinski definition) is 2. The fourth-order valence-electron chi connectivity index (χ4n) is 1.88. The molecule has 1 aromatic rings. The van der Waals surface area contributed by atoms with E-state index in [0.717, 1.165) is 12.8 Å². The third-order valence-corrected chi connectivity index (χ3v) is 5.75. The standard InChI is InChI=1S/C13H21BrN2O3S/c1-3-4-5-16(6-7-17)20(18,19)13-9-12(15)11(14)8-10(13)2/h8-9,17H,3-7,15H2,1-2H3. The van der Waals surface area contributed by atoms with E-state index >= 15 is 0 Å². The Bertz CT molecular complexity index is 561. The van der Waals surface area contributed by atoms with Gasteiger partial charge in [0.2, 0.25) is 10.0 Å². The maximum Gasteiger partial charge on any atom is 0.243 e. The molecule has 0 aromatic heterocycles. The van der Waals surface area contributed by atoms with Gasteiger partial charge in [-0.3, -0.25) is 0 Å². The average Bonchev–Trinajstić information content (AvgIpc) is 2.38. The van der Waals surface area contributed by atoms with Crippen molar-refractivity contribution in [1.29, 1.82) is 0 Å². The van der Waals surface area contributed by atoms with Crippen LogP contribution in [0.5, 0.6) is 0 Å². The minimum absolute atomic E-state index is 0.0950. The van der Waals surface area contributed by atoms with E-state index in [4.69, 9.17) is 10.8 Å². The van der Waals surface area contributed by atoms with Crippen molar-refractivity contribution in [3.63, 3.8) is 0 Å². The van der Waals surface area contributed by atoms with Crippen molar-refractivity contribution in [2.24, 2.45) is 0 Å². The molecule has 0 aliphatic heterocycles. The number of nitrogens with two attached hydrogens (primary N) is 1. The molecule has 114 valence electrons. The van der Waals surface area contributed by atoms with E-state index in [1.54, 1.807) is 13.0 Å². The second-order valence-corrected chi connectivity index (χ2v) is 7.38. The van der Waals surface area contributed by atoms with Gasteiger partial charge in [-0.15, -0.1) is 0 Å². The number of aryl methyl sites for hydroxylation is 1.